The van der Waals surface area contributed by atoms with E-state index in [1.54, 1.807) is 0 Å². The van der Waals surface area contributed by atoms with Crippen LogP contribution in [-0.2, 0) is 0 Å². The van der Waals surface area contributed by atoms with Crippen LogP contribution in [0.25, 0.3) is 0 Å². The van der Waals surface area contributed by atoms with Crippen LogP contribution in [0, 0.1) is 18.2 Å². The largest absolute Gasteiger partial charge is 0.478 e. The molecule has 0 atom stereocenters. The summed E-state index contributed by atoms with van der Waals surface area (Å²) >= 11 is 0. The van der Waals surface area contributed by atoms with E-state index in [0.29, 0.717) is 0 Å². The third kappa shape index (κ3) is 3.50. The minimum absolute atomic E-state index is 0.00786. The minimum Gasteiger partial charge on any atom is -0.478 e. The lowest BCUT2D eigenvalue weighted by Gasteiger charge is -2.07. The fourth-order valence-corrected chi connectivity index (χ4v) is 1.05. The van der Waals surface area contributed by atoms with E-state index in [1.807, 2.05) is 0 Å². The Bertz CT molecular complexity index is 494. The Morgan fingerprint density at radius 3 is 2.76 bits per heavy atom. The molecule has 0 bridgehead atoms. The Hall–Kier alpha value is -2.55. The number of hydrogen-bond acceptors (Lipinski definition) is 2. The second-order valence-corrected chi connectivity index (χ2v) is 3.01. The first-order valence-electron chi connectivity index (χ1n) is 4.55. The van der Waals surface area contributed by atoms with Crippen molar-refractivity contribution < 1.29 is 19.1 Å². The first kappa shape index (κ1) is 12.5. The standard InChI is InChI=1S/C11H9FN2O3/c1-2-5-13-11(17)14-9-6-7(10(15)16)3-4-8(9)12/h1,3-4,6H,5H2,(H,15,16)(H2,13,14,17). The van der Waals surface area contributed by atoms with Gasteiger partial charge in [0.05, 0.1) is 17.8 Å². The number of carboxylic acid groups (broad SMARTS) is 1. The summed E-state index contributed by atoms with van der Waals surface area (Å²) in [5, 5.41) is 13.1. The average molecular weight is 236 g/mol. The summed E-state index contributed by atoms with van der Waals surface area (Å²) in [7, 11) is 0. The van der Waals surface area contributed by atoms with E-state index in [4.69, 9.17) is 11.5 Å². The smallest absolute Gasteiger partial charge is 0.335 e. The van der Waals surface area contributed by atoms with Crippen LogP contribution in [-0.4, -0.2) is 23.7 Å². The molecule has 1 aromatic rings. The summed E-state index contributed by atoms with van der Waals surface area (Å²) in [5.74, 6) is 0.227. The number of benzene rings is 1. The van der Waals surface area contributed by atoms with Crippen molar-refractivity contribution >= 4 is 17.7 Å². The molecule has 3 N–H and O–H groups in total. The molecule has 0 radical (unpaired) electrons. The van der Waals surface area contributed by atoms with Crippen LogP contribution >= 0.6 is 0 Å². The molecule has 0 aliphatic heterocycles. The molecule has 0 aliphatic rings. The summed E-state index contributed by atoms with van der Waals surface area (Å²) in [6.07, 6.45) is 4.92. The lowest BCUT2D eigenvalue weighted by atomic mass is 10.2. The van der Waals surface area contributed by atoms with Gasteiger partial charge in [0.25, 0.3) is 0 Å². The number of rotatable bonds is 3. The van der Waals surface area contributed by atoms with Gasteiger partial charge in [-0.25, -0.2) is 14.0 Å². The quantitative estimate of drug-likeness (QED) is 0.692. The highest BCUT2D eigenvalue weighted by atomic mass is 19.1. The fraction of sp³-hybridized carbons (Fsp3) is 0.0909. The van der Waals surface area contributed by atoms with Gasteiger partial charge in [-0.15, -0.1) is 6.42 Å². The number of hydrogen-bond donors (Lipinski definition) is 3. The van der Waals surface area contributed by atoms with Crippen molar-refractivity contribution in [3.63, 3.8) is 0 Å². The van der Waals surface area contributed by atoms with E-state index < -0.39 is 17.8 Å². The maximum absolute atomic E-state index is 13.2. The normalized spacial score (nSPS) is 9.18. The number of urea groups is 1. The number of anilines is 1. The highest BCUT2D eigenvalue weighted by Crippen LogP contribution is 2.16. The first-order valence-corrected chi connectivity index (χ1v) is 4.55. The van der Waals surface area contributed by atoms with Gasteiger partial charge in [-0.1, -0.05) is 5.92 Å². The molecule has 88 valence electrons. The molecular weight excluding hydrogens is 227 g/mol. The summed E-state index contributed by atoms with van der Waals surface area (Å²) in [5.41, 5.74) is -0.349. The summed E-state index contributed by atoms with van der Waals surface area (Å²) in [6.45, 7) is -0.00786. The van der Waals surface area contributed by atoms with Crippen LogP contribution in [0.3, 0.4) is 0 Å². The van der Waals surface area contributed by atoms with Crippen molar-refractivity contribution in [2.45, 2.75) is 0 Å². The Morgan fingerprint density at radius 1 is 1.47 bits per heavy atom. The maximum atomic E-state index is 13.2. The van der Waals surface area contributed by atoms with Crippen molar-refractivity contribution in [1.82, 2.24) is 5.32 Å². The van der Waals surface area contributed by atoms with Gasteiger partial charge in [0.1, 0.15) is 5.82 Å². The molecule has 0 saturated heterocycles. The molecule has 0 heterocycles. The molecule has 17 heavy (non-hydrogen) atoms. The zero-order chi connectivity index (χ0) is 12.8. The third-order valence-corrected chi connectivity index (χ3v) is 1.81. The lowest BCUT2D eigenvalue weighted by molar-refractivity contribution is 0.0697. The van der Waals surface area contributed by atoms with E-state index in [1.165, 1.54) is 0 Å². The predicted octanol–water partition coefficient (Wildman–Crippen LogP) is 1.28. The van der Waals surface area contributed by atoms with Crippen LogP contribution in [0.2, 0.25) is 0 Å². The van der Waals surface area contributed by atoms with Gasteiger partial charge in [-0.05, 0) is 18.2 Å². The SMILES string of the molecule is C#CCNC(=O)Nc1cc(C(=O)O)ccc1F. The highest BCUT2D eigenvalue weighted by molar-refractivity contribution is 5.93. The van der Waals surface area contributed by atoms with Gasteiger partial charge in [-0.2, -0.15) is 0 Å². The van der Waals surface area contributed by atoms with Crippen LogP contribution < -0.4 is 10.6 Å². The molecule has 0 unspecified atom stereocenters. The van der Waals surface area contributed by atoms with Gasteiger partial charge >= 0.3 is 12.0 Å². The number of amides is 2. The Labute approximate surface area is 96.6 Å². The molecule has 0 fully saturated rings. The third-order valence-electron chi connectivity index (χ3n) is 1.81. The molecule has 0 aromatic heterocycles. The topological polar surface area (TPSA) is 78.4 Å². The molecule has 2 amide bonds. The molecule has 1 rings (SSSR count). The van der Waals surface area contributed by atoms with Gasteiger partial charge in [0, 0.05) is 0 Å². The summed E-state index contributed by atoms with van der Waals surface area (Å²) in [4.78, 5) is 21.8. The fourth-order valence-electron chi connectivity index (χ4n) is 1.05. The van der Waals surface area contributed by atoms with Crippen molar-refractivity contribution in [3.8, 4) is 12.3 Å². The second kappa shape index (κ2) is 5.51. The van der Waals surface area contributed by atoms with E-state index in [0.717, 1.165) is 18.2 Å². The molecule has 1 aromatic carbocycles. The first-order chi connectivity index (χ1) is 8.04. The molecule has 0 saturated carbocycles. The number of aromatic carboxylic acids is 1. The molecule has 6 heteroatoms. The average Bonchev–Trinajstić information content (AvgIpc) is 2.29. The van der Waals surface area contributed by atoms with E-state index in [2.05, 4.69) is 16.6 Å². The summed E-state index contributed by atoms with van der Waals surface area (Å²) in [6, 6.07) is 2.37. The van der Waals surface area contributed by atoms with Crippen LogP contribution in [0.1, 0.15) is 10.4 Å². The number of carbonyl (C=O) groups excluding carboxylic acids is 1. The number of carboxylic acids is 1. The van der Waals surface area contributed by atoms with Crippen LogP contribution in [0.4, 0.5) is 14.9 Å². The van der Waals surface area contributed by atoms with Crippen molar-refractivity contribution in [2.24, 2.45) is 0 Å². The highest BCUT2D eigenvalue weighted by Gasteiger charge is 2.10. The van der Waals surface area contributed by atoms with Crippen molar-refractivity contribution in [3.05, 3.63) is 29.6 Å². The maximum Gasteiger partial charge on any atom is 0.335 e. The second-order valence-electron chi connectivity index (χ2n) is 3.01. The Morgan fingerprint density at radius 2 is 2.18 bits per heavy atom. The molecule has 5 nitrogen and oxygen atoms in total. The van der Waals surface area contributed by atoms with Crippen molar-refractivity contribution in [2.75, 3.05) is 11.9 Å². The molecular formula is C11H9FN2O3. The van der Waals surface area contributed by atoms with Gasteiger partial charge in [-0.3, -0.25) is 0 Å². The predicted molar refractivity (Wildman–Crippen MR) is 59.2 cm³/mol. The zero-order valence-electron chi connectivity index (χ0n) is 8.66. The van der Waals surface area contributed by atoms with E-state index in [9.17, 15) is 14.0 Å². The number of nitrogens with one attached hydrogen (secondary N) is 2. The minimum atomic E-state index is -1.21. The van der Waals surface area contributed by atoms with Crippen LogP contribution in [0.5, 0.6) is 0 Å². The molecule has 0 spiro atoms. The zero-order valence-corrected chi connectivity index (χ0v) is 8.66. The molecule has 0 aliphatic carbocycles. The van der Waals surface area contributed by atoms with Gasteiger partial charge in [0.2, 0.25) is 0 Å². The van der Waals surface area contributed by atoms with Crippen molar-refractivity contribution in [1.29, 1.82) is 0 Å². The van der Waals surface area contributed by atoms with Gasteiger partial charge < -0.3 is 15.7 Å². The monoisotopic (exact) mass is 236 g/mol. The van der Waals surface area contributed by atoms with Crippen LogP contribution in [0.15, 0.2) is 18.2 Å². The Kier molecular flexibility index (Phi) is 4.06. The van der Waals surface area contributed by atoms with E-state index >= 15 is 0 Å². The number of terminal acetylenes is 1. The number of carbonyl (C=O) groups is 2. The van der Waals surface area contributed by atoms with E-state index in [-0.39, 0.29) is 17.8 Å². The Balaban J connectivity index is 2.83. The van der Waals surface area contributed by atoms with Gasteiger partial charge in [0.15, 0.2) is 0 Å². The summed E-state index contributed by atoms with van der Waals surface area (Å²) < 4.78 is 13.2. The number of halogens is 1. The lowest BCUT2D eigenvalue weighted by Crippen LogP contribution is -2.29.